The van der Waals surface area contributed by atoms with Gasteiger partial charge in [-0.15, -0.1) is 0 Å². The van der Waals surface area contributed by atoms with Crippen LogP contribution in [-0.2, 0) is 16.6 Å². The molecule has 6 nitrogen and oxygen atoms in total. The highest BCUT2D eigenvalue weighted by molar-refractivity contribution is 7.89. The van der Waals surface area contributed by atoms with E-state index in [4.69, 9.17) is 5.73 Å². The first-order valence-corrected chi connectivity index (χ1v) is 8.57. The average Bonchev–Trinajstić information content (AvgIpc) is 2.81. The Morgan fingerprint density at radius 3 is 2.33 bits per heavy atom. The predicted molar refractivity (Wildman–Crippen MR) is 85.7 cm³/mol. The van der Waals surface area contributed by atoms with Gasteiger partial charge in [0.15, 0.2) is 0 Å². The number of hydrogen-bond acceptors (Lipinski definition) is 4. The van der Waals surface area contributed by atoms with E-state index in [1.165, 1.54) is 0 Å². The highest BCUT2D eigenvalue weighted by Crippen LogP contribution is 2.19. The van der Waals surface area contributed by atoms with Gasteiger partial charge < -0.3 is 15.2 Å². The second-order valence-corrected chi connectivity index (χ2v) is 8.17. The molecule has 1 aromatic rings. The number of aromatic nitrogens is 1. The summed E-state index contributed by atoms with van der Waals surface area (Å²) in [7, 11) is 0.328. The number of nitrogens with zero attached hydrogens (tertiary/aromatic N) is 2. The van der Waals surface area contributed by atoms with Crippen molar-refractivity contribution >= 4 is 10.0 Å². The third-order valence-electron chi connectivity index (χ3n) is 3.89. The summed E-state index contributed by atoms with van der Waals surface area (Å²) in [5, 5.41) is 0. The number of sulfonamides is 1. The lowest BCUT2D eigenvalue weighted by molar-refractivity contribution is 0.199. The Hall–Kier alpha value is -0.890. The standard InChI is InChI=1S/C14H28N4O2S/c1-11(2)18-9-13(7-12(18)8-15)21(19,20)16-10-14(3,4)17(5)6/h7,9,11,16H,8,10,15H2,1-6H3. The SMILES string of the molecule is CC(C)n1cc(S(=O)(=O)NCC(C)(C)N(C)C)cc1CN. The van der Waals surface area contributed by atoms with E-state index in [9.17, 15) is 8.42 Å². The van der Waals surface area contributed by atoms with E-state index in [1.807, 2.05) is 51.3 Å². The summed E-state index contributed by atoms with van der Waals surface area (Å²) >= 11 is 0. The highest BCUT2D eigenvalue weighted by Gasteiger charge is 2.25. The summed E-state index contributed by atoms with van der Waals surface area (Å²) in [5.74, 6) is 0. The van der Waals surface area contributed by atoms with Gasteiger partial charge in [-0.1, -0.05) is 0 Å². The van der Waals surface area contributed by atoms with Gasteiger partial charge in [0.05, 0.1) is 4.90 Å². The summed E-state index contributed by atoms with van der Waals surface area (Å²) in [5.41, 5.74) is 6.24. The lowest BCUT2D eigenvalue weighted by Gasteiger charge is -2.32. The van der Waals surface area contributed by atoms with Crippen LogP contribution in [0.2, 0.25) is 0 Å². The second-order valence-electron chi connectivity index (χ2n) is 6.40. The van der Waals surface area contributed by atoms with Crippen LogP contribution in [-0.4, -0.2) is 44.1 Å². The zero-order valence-electron chi connectivity index (χ0n) is 13.8. The van der Waals surface area contributed by atoms with Crippen LogP contribution in [0.4, 0.5) is 0 Å². The van der Waals surface area contributed by atoms with Crippen molar-refractivity contribution in [1.29, 1.82) is 0 Å². The van der Waals surface area contributed by atoms with E-state index >= 15 is 0 Å². The number of nitrogens with two attached hydrogens (primary N) is 1. The molecule has 0 amide bonds. The van der Waals surface area contributed by atoms with Gasteiger partial charge in [-0.25, -0.2) is 13.1 Å². The minimum atomic E-state index is -3.53. The molecule has 0 spiro atoms. The van der Waals surface area contributed by atoms with E-state index in [1.54, 1.807) is 12.3 Å². The molecule has 122 valence electrons. The molecule has 0 saturated carbocycles. The zero-order valence-corrected chi connectivity index (χ0v) is 14.7. The van der Waals surface area contributed by atoms with Crippen molar-refractivity contribution in [3.8, 4) is 0 Å². The van der Waals surface area contributed by atoms with Crippen LogP contribution in [0.5, 0.6) is 0 Å². The van der Waals surface area contributed by atoms with Crippen LogP contribution in [0.25, 0.3) is 0 Å². The van der Waals surface area contributed by atoms with E-state index in [0.717, 1.165) is 5.69 Å². The summed E-state index contributed by atoms with van der Waals surface area (Å²) in [4.78, 5) is 2.26. The van der Waals surface area contributed by atoms with Crippen molar-refractivity contribution in [3.63, 3.8) is 0 Å². The molecule has 0 atom stereocenters. The maximum absolute atomic E-state index is 12.4. The lowest BCUT2D eigenvalue weighted by Crippen LogP contribution is -2.48. The Morgan fingerprint density at radius 2 is 1.95 bits per heavy atom. The number of rotatable bonds is 7. The molecule has 0 aliphatic rings. The first-order valence-electron chi connectivity index (χ1n) is 7.09. The van der Waals surface area contributed by atoms with Gasteiger partial charge in [-0.2, -0.15) is 0 Å². The van der Waals surface area contributed by atoms with E-state index in [2.05, 4.69) is 4.72 Å². The van der Waals surface area contributed by atoms with E-state index in [0.29, 0.717) is 13.1 Å². The molecule has 0 radical (unpaired) electrons. The normalized spacial score (nSPS) is 13.4. The van der Waals surface area contributed by atoms with Gasteiger partial charge in [0, 0.05) is 36.6 Å². The molecule has 1 heterocycles. The van der Waals surface area contributed by atoms with Crippen molar-refractivity contribution < 1.29 is 8.42 Å². The predicted octanol–water partition coefficient (Wildman–Crippen LogP) is 1.15. The van der Waals surface area contributed by atoms with Crippen molar-refractivity contribution in [3.05, 3.63) is 18.0 Å². The minimum Gasteiger partial charge on any atom is -0.346 e. The molecule has 0 bridgehead atoms. The molecule has 3 N–H and O–H groups in total. The summed E-state index contributed by atoms with van der Waals surface area (Å²) < 4.78 is 29.4. The first kappa shape index (κ1) is 18.2. The summed E-state index contributed by atoms with van der Waals surface area (Å²) in [6, 6.07) is 1.82. The molecule has 0 aliphatic carbocycles. The number of hydrogen-bond donors (Lipinski definition) is 2. The van der Waals surface area contributed by atoms with Gasteiger partial charge in [0.2, 0.25) is 10.0 Å². The average molecular weight is 316 g/mol. The fraction of sp³-hybridized carbons (Fsp3) is 0.714. The molecule has 0 aliphatic heterocycles. The quantitative estimate of drug-likeness (QED) is 0.791. The van der Waals surface area contributed by atoms with Crippen LogP contribution < -0.4 is 10.5 Å². The summed E-state index contributed by atoms with van der Waals surface area (Å²) in [6.45, 7) is 8.63. The highest BCUT2D eigenvalue weighted by atomic mass is 32.2. The molecule has 0 saturated heterocycles. The minimum absolute atomic E-state index is 0.172. The van der Waals surface area contributed by atoms with Crippen LogP contribution >= 0.6 is 0 Å². The third kappa shape index (κ3) is 4.29. The molecular weight excluding hydrogens is 288 g/mol. The third-order valence-corrected chi connectivity index (χ3v) is 5.26. The molecule has 1 aromatic heterocycles. The van der Waals surface area contributed by atoms with Crippen LogP contribution in [0, 0.1) is 0 Å². The van der Waals surface area contributed by atoms with Crippen LogP contribution in [0.15, 0.2) is 17.2 Å². The Balaban J connectivity index is 2.99. The second kappa shape index (κ2) is 6.48. The smallest absolute Gasteiger partial charge is 0.242 e. The van der Waals surface area contributed by atoms with Crippen molar-refractivity contribution in [2.45, 2.75) is 50.7 Å². The lowest BCUT2D eigenvalue weighted by atomic mass is 10.1. The Labute approximate surface area is 128 Å². The van der Waals surface area contributed by atoms with Crippen LogP contribution in [0.1, 0.15) is 39.4 Å². The van der Waals surface area contributed by atoms with Gasteiger partial charge in [-0.05, 0) is 47.9 Å². The maximum atomic E-state index is 12.4. The van der Waals surface area contributed by atoms with Crippen molar-refractivity contribution in [2.75, 3.05) is 20.6 Å². The fourth-order valence-electron chi connectivity index (χ4n) is 1.80. The van der Waals surface area contributed by atoms with Gasteiger partial charge >= 0.3 is 0 Å². The van der Waals surface area contributed by atoms with Gasteiger partial charge in [0.1, 0.15) is 0 Å². The monoisotopic (exact) mass is 316 g/mol. The van der Waals surface area contributed by atoms with Crippen LogP contribution in [0.3, 0.4) is 0 Å². The van der Waals surface area contributed by atoms with E-state index < -0.39 is 10.0 Å². The van der Waals surface area contributed by atoms with Crippen molar-refractivity contribution in [1.82, 2.24) is 14.2 Å². The maximum Gasteiger partial charge on any atom is 0.242 e. The topological polar surface area (TPSA) is 80.4 Å². The first-order chi connectivity index (χ1) is 9.51. The Kier molecular flexibility index (Phi) is 5.60. The molecule has 0 aromatic carbocycles. The largest absolute Gasteiger partial charge is 0.346 e. The number of nitrogens with one attached hydrogen (secondary N) is 1. The van der Waals surface area contributed by atoms with Gasteiger partial charge in [0.25, 0.3) is 0 Å². The Bertz CT molecular complexity index is 574. The van der Waals surface area contributed by atoms with Gasteiger partial charge in [-0.3, -0.25) is 0 Å². The van der Waals surface area contributed by atoms with E-state index in [-0.39, 0.29) is 16.5 Å². The molecule has 1 rings (SSSR count). The van der Waals surface area contributed by atoms with Crippen molar-refractivity contribution in [2.24, 2.45) is 5.73 Å². The zero-order chi connectivity index (χ0) is 16.4. The summed E-state index contributed by atoms with van der Waals surface area (Å²) in [6.07, 6.45) is 1.65. The molecule has 7 heteroatoms. The Morgan fingerprint density at radius 1 is 1.38 bits per heavy atom. The fourth-order valence-corrected chi connectivity index (χ4v) is 3.05. The molecule has 21 heavy (non-hydrogen) atoms. The molecule has 0 fully saturated rings. The molecular formula is C14H28N4O2S. The number of likely N-dealkylation sites (N-methyl/N-ethyl adjacent to an activating group) is 1. The molecule has 0 unspecified atom stereocenters.